The lowest BCUT2D eigenvalue weighted by molar-refractivity contribution is -0.118. The van der Waals surface area contributed by atoms with Gasteiger partial charge >= 0.3 is 0 Å². The Labute approximate surface area is 170 Å². The number of nitrogens with one attached hydrogen (secondary N) is 1. The minimum Gasteiger partial charge on any atom is -0.484 e. The summed E-state index contributed by atoms with van der Waals surface area (Å²) in [6, 6.07) is 19.5. The summed E-state index contributed by atoms with van der Waals surface area (Å²) in [6.45, 7) is 4.11. The second kappa shape index (κ2) is 8.19. The Hall–Kier alpha value is -3.60. The van der Waals surface area contributed by atoms with Gasteiger partial charge in [-0.2, -0.15) is 0 Å². The van der Waals surface area contributed by atoms with Crippen molar-refractivity contribution < 1.29 is 9.53 Å². The molecule has 4 rings (SSSR count). The van der Waals surface area contributed by atoms with Crippen molar-refractivity contribution in [2.75, 3.05) is 11.9 Å². The van der Waals surface area contributed by atoms with Crippen molar-refractivity contribution in [3.05, 3.63) is 84.2 Å². The fourth-order valence-electron chi connectivity index (χ4n) is 3.17. The first-order valence-corrected chi connectivity index (χ1v) is 9.68. The maximum absolute atomic E-state index is 12.3. The quantitative estimate of drug-likeness (QED) is 0.514. The summed E-state index contributed by atoms with van der Waals surface area (Å²) in [7, 11) is 0. The largest absolute Gasteiger partial charge is 0.484 e. The zero-order valence-electron chi connectivity index (χ0n) is 16.6. The molecule has 1 N–H and O–H groups in total. The molecule has 2 aromatic heterocycles. The number of aryl methyl sites for hydroxylation is 2. The van der Waals surface area contributed by atoms with Crippen molar-refractivity contribution in [1.82, 2.24) is 9.38 Å². The van der Waals surface area contributed by atoms with Gasteiger partial charge in [-0.1, -0.05) is 37.3 Å². The van der Waals surface area contributed by atoms with E-state index in [2.05, 4.69) is 24.1 Å². The molecule has 0 unspecified atom stereocenters. The van der Waals surface area contributed by atoms with Crippen LogP contribution in [0.2, 0.25) is 0 Å². The van der Waals surface area contributed by atoms with E-state index >= 15 is 0 Å². The van der Waals surface area contributed by atoms with Crippen LogP contribution in [0.15, 0.2) is 73.1 Å². The van der Waals surface area contributed by atoms with Gasteiger partial charge < -0.3 is 14.5 Å². The van der Waals surface area contributed by atoms with Crippen LogP contribution in [0, 0.1) is 6.92 Å². The molecule has 29 heavy (non-hydrogen) atoms. The minimum atomic E-state index is -0.202. The fraction of sp³-hybridized carbons (Fsp3) is 0.167. The van der Waals surface area contributed by atoms with Crippen LogP contribution in [0.3, 0.4) is 0 Å². The lowest BCUT2D eigenvalue weighted by Crippen LogP contribution is -2.20. The summed E-state index contributed by atoms with van der Waals surface area (Å²) < 4.78 is 7.59. The minimum absolute atomic E-state index is 0.0384. The molecule has 0 radical (unpaired) electrons. The number of fused-ring (bicyclic) bond motifs is 1. The molecule has 146 valence electrons. The van der Waals surface area contributed by atoms with Crippen LogP contribution in [-0.2, 0) is 11.2 Å². The van der Waals surface area contributed by atoms with Gasteiger partial charge in [-0.15, -0.1) is 0 Å². The molecule has 0 saturated heterocycles. The Bertz CT molecular complexity index is 1150. The highest BCUT2D eigenvalue weighted by Gasteiger charge is 2.08. The lowest BCUT2D eigenvalue weighted by Gasteiger charge is -2.09. The first-order valence-electron chi connectivity index (χ1n) is 9.68. The number of anilines is 1. The number of carbonyl (C=O) groups excluding carboxylic acids is 1. The molecule has 0 bridgehead atoms. The second-order valence-electron chi connectivity index (χ2n) is 7.01. The van der Waals surface area contributed by atoms with Gasteiger partial charge in [-0.3, -0.25) is 4.79 Å². The van der Waals surface area contributed by atoms with E-state index in [1.165, 1.54) is 11.1 Å². The number of hydrogen-bond donors (Lipinski definition) is 1. The topological polar surface area (TPSA) is 55.6 Å². The van der Waals surface area contributed by atoms with Gasteiger partial charge in [0.15, 0.2) is 6.61 Å². The van der Waals surface area contributed by atoms with Crippen LogP contribution in [-0.4, -0.2) is 21.9 Å². The Balaban J connectivity index is 1.43. The Kier molecular flexibility index (Phi) is 5.29. The molecule has 5 nitrogen and oxygen atoms in total. The third-order valence-corrected chi connectivity index (χ3v) is 4.74. The van der Waals surface area contributed by atoms with Crippen molar-refractivity contribution in [3.63, 3.8) is 0 Å². The van der Waals surface area contributed by atoms with Gasteiger partial charge in [-0.05, 0) is 54.8 Å². The van der Waals surface area contributed by atoms with E-state index in [9.17, 15) is 4.79 Å². The highest BCUT2D eigenvalue weighted by atomic mass is 16.5. The standard InChI is InChI=1S/C24H23N3O2/c1-3-18-8-10-21(11-9-18)29-16-24(28)25-20-6-4-5-19(13-20)22-15-27-14-17(2)7-12-23(27)26-22/h4-15H,3,16H2,1-2H3,(H,25,28). The predicted molar refractivity (Wildman–Crippen MR) is 115 cm³/mol. The first kappa shape index (κ1) is 18.7. The van der Waals surface area contributed by atoms with Gasteiger partial charge in [0.25, 0.3) is 5.91 Å². The summed E-state index contributed by atoms with van der Waals surface area (Å²) in [5, 5.41) is 2.89. The number of rotatable bonds is 6. The van der Waals surface area contributed by atoms with E-state index < -0.39 is 0 Å². The fourth-order valence-corrected chi connectivity index (χ4v) is 3.17. The zero-order valence-corrected chi connectivity index (χ0v) is 16.6. The summed E-state index contributed by atoms with van der Waals surface area (Å²) >= 11 is 0. The average molecular weight is 385 g/mol. The van der Waals surface area contributed by atoms with E-state index in [-0.39, 0.29) is 12.5 Å². The van der Waals surface area contributed by atoms with Gasteiger partial charge in [0.05, 0.1) is 5.69 Å². The highest BCUT2D eigenvalue weighted by Crippen LogP contribution is 2.23. The summed E-state index contributed by atoms with van der Waals surface area (Å²) in [6.07, 6.45) is 5.01. The van der Waals surface area contributed by atoms with E-state index in [0.29, 0.717) is 11.4 Å². The maximum atomic E-state index is 12.3. The SMILES string of the molecule is CCc1ccc(OCC(=O)Nc2cccc(-c3cn4cc(C)ccc4n3)c2)cc1. The normalized spacial score (nSPS) is 10.8. The monoisotopic (exact) mass is 385 g/mol. The number of pyridine rings is 1. The van der Waals surface area contributed by atoms with Crippen LogP contribution < -0.4 is 10.1 Å². The maximum Gasteiger partial charge on any atom is 0.262 e. The van der Waals surface area contributed by atoms with E-state index in [1.807, 2.05) is 77.5 Å². The van der Waals surface area contributed by atoms with Crippen LogP contribution in [0.4, 0.5) is 5.69 Å². The van der Waals surface area contributed by atoms with Crippen molar-refractivity contribution in [2.45, 2.75) is 20.3 Å². The molecule has 1 amide bonds. The predicted octanol–water partition coefficient (Wildman–Crippen LogP) is 4.89. The number of amides is 1. The molecule has 0 spiro atoms. The summed E-state index contributed by atoms with van der Waals surface area (Å²) in [4.78, 5) is 16.9. The molecule has 5 heteroatoms. The number of carbonyl (C=O) groups is 1. The average Bonchev–Trinajstić information content (AvgIpc) is 3.16. The number of benzene rings is 2. The van der Waals surface area contributed by atoms with Crippen molar-refractivity contribution in [3.8, 4) is 17.0 Å². The van der Waals surface area contributed by atoms with E-state index in [0.717, 1.165) is 23.3 Å². The molecular weight excluding hydrogens is 362 g/mol. The van der Waals surface area contributed by atoms with Crippen molar-refractivity contribution in [2.24, 2.45) is 0 Å². The van der Waals surface area contributed by atoms with Crippen LogP contribution in [0.5, 0.6) is 5.75 Å². The molecule has 2 heterocycles. The molecule has 2 aromatic carbocycles. The van der Waals surface area contributed by atoms with E-state index in [4.69, 9.17) is 4.74 Å². The molecule has 0 saturated carbocycles. The molecule has 0 aliphatic rings. The number of hydrogen-bond acceptors (Lipinski definition) is 3. The van der Waals surface area contributed by atoms with Gasteiger partial charge in [0.1, 0.15) is 11.4 Å². The molecule has 0 fully saturated rings. The van der Waals surface area contributed by atoms with Crippen molar-refractivity contribution in [1.29, 1.82) is 0 Å². The Morgan fingerprint density at radius 1 is 1.07 bits per heavy atom. The van der Waals surface area contributed by atoms with E-state index in [1.54, 1.807) is 0 Å². The van der Waals surface area contributed by atoms with Crippen LogP contribution in [0.25, 0.3) is 16.9 Å². The molecule has 0 atom stereocenters. The molecule has 0 aliphatic carbocycles. The van der Waals surface area contributed by atoms with Gasteiger partial charge in [0, 0.05) is 23.6 Å². The Morgan fingerprint density at radius 2 is 1.90 bits per heavy atom. The second-order valence-corrected chi connectivity index (χ2v) is 7.01. The molecule has 0 aliphatic heterocycles. The third kappa shape index (κ3) is 4.46. The number of nitrogens with zero attached hydrogens (tertiary/aromatic N) is 2. The first-order chi connectivity index (χ1) is 14.1. The highest BCUT2D eigenvalue weighted by molar-refractivity contribution is 5.92. The summed E-state index contributed by atoms with van der Waals surface area (Å²) in [5.41, 5.74) is 5.82. The van der Waals surface area contributed by atoms with Gasteiger partial charge in [-0.25, -0.2) is 4.98 Å². The Morgan fingerprint density at radius 3 is 2.69 bits per heavy atom. The zero-order chi connectivity index (χ0) is 20.2. The number of aromatic nitrogens is 2. The van der Waals surface area contributed by atoms with Crippen LogP contribution >= 0.6 is 0 Å². The third-order valence-electron chi connectivity index (χ3n) is 4.74. The molecular formula is C24H23N3O2. The summed E-state index contributed by atoms with van der Waals surface area (Å²) in [5.74, 6) is 0.485. The molecule has 4 aromatic rings. The van der Waals surface area contributed by atoms with Gasteiger partial charge in [0.2, 0.25) is 0 Å². The number of imidazole rings is 1. The smallest absolute Gasteiger partial charge is 0.262 e. The lowest BCUT2D eigenvalue weighted by atomic mass is 10.1. The van der Waals surface area contributed by atoms with Crippen LogP contribution in [0.1, 0.15) is 18.1 Å². The van der Waals surface area contributed by atoms with Crippen molar-refractivity contribution >= 4 is 17.2 Å². The number of ether oxygens (including phenoxy) is 1.